The van der Waals surface area contributed by atoms with Crippen LogP contribution in [0, 0.1) is 0 Å². The summed E-state index contributed by atoms with van der Waals surface area (Å²) in [6, 6.07) is 16.8. The quantitative estimate of drug-likeness (QED) is 0.364. The van der Waals surface area contributed by atoms with Crippen LogP contribution in [0.4, 0.5) is 0 Å². The number of hydrogen-bond acceptors (Lipinski definition) is 7. The lowest BCUT2D eigenvalue weighted by Gasteiger charge is -2.15. The van der Waals surface area contributed by atoms with E-state index >= 15 is 0 Å². The molecular weight excluding hydrogens is 402 g/mol. The molecule has 1 aliphatic heterocycles. The third-order valence-electron chi connectivity index (χ3n) is 5.59. The Kier molecular flexibility index (Phi) is 7.39. The molecule has 0 radical (unpaired) electrons. The third kappa shape index (κ3) is 5.11. The van der Waals surface area contributed by atoms with Gasteiger partial charge in [-0.25, -0.2) is 20.5 Å². The largest absolute Gasteiger partial charge is 0.291 e. The van der Waals surface area contributed by atoms with Gasteiger partial charge in [-0.15, -0.1) is 5.10 Å². The van der Waals surface area contributed by atoms with Crippen molar-refractivity contribution >= 4 is 5.78 Å². The van der Waals surface area contributed by atoms with Crippen LogP contribution in [0.25, 0.3) is 11.1 Å². The fraction of sp³-hybridized carbons (Fsp3) is 0.375. The standard InChI is InChI=1S/C24H31N7O/c1-3-5-11-22-25-24(21(32)8-4-2)28-31(22)16-17-12-14-18(15-13-17)19-9-6-7-10-20(19)23-26-29-30-27-23/h6-7,9-10,12-15,23,26-27,29-30H,3-5,8,11,16H2,1-2H3. The second-order valence-corrected chi connectivity index (χ2v) is 8.04. The van der Waals surface area contributed by atoms with Crippen molar-refractivity contribution in [1.82, 2.24) is 36.7 Å². The van der Waals surface area contributed by atoms with Crippen LogP contribution in [0.2, 0.25) is 0 Å². The maximum absolute atomic E-state index is 12.3. The lowest BCUT2D eigenvalue weighted by Crippen LogP contribution is -2.33. The van der Waals surface area contributed by atoms with Crippen molar-refractivity contribution in [2.75, 3.05) is 0 Å². The highest BCUT2D eigenvalue weighted by atomic mass is 16.1. The molecule has 32 heavy (non-hydrogen) atoms. The highest BCUT2D eigenvalue weighted by molar-refractivity contribution is 5.92. The average Bonchev–Trinajstić information content (AvgIpc) is 3.49. The van der Waals surface area contributed by atoms with Crippen molar-refractivity contribution in [2.24, 2.45) is 0 Å². The molecule has 168 valence electrons. The topological polar surface area (TPSA) is 95.9 Å². The average molecular weight is 434 g/mol. The van der Waals surface area contributed by atoms with Crippen LogP contribution in [-0.4, -0.2) is 20.5 Å². The molecule has 2 heterocycles. The lowest BCUT2D eigenvalue weighted by molar-refractivity contribution is 0.0971. The summed E-state index contributed by atoms with van der Waals surface area (Å²) in [7, 11) is 0. The molecule has 1 aliphatic rings. The SMILES string of the molecule is CCCCc1nc(C(=O)CCC)nn1Cc1ccc(-c2ccccc2C2NNNN2)cc1. The van der Waals surface area contributed by atoms with Gasteiger partial charge in [0.25, 0.3) is 0 Å². The molecule has 0 unspecified atom stereocenters. The van der Waals surface area contributed by atoms with E-state index in [0.717, 1.165) is 53.8 Å². The number of Topliss-reactive ketones (excluding diaryl/α,β-unsaturated/α-hetero) is 1. The maximum Gasteiger partial charge on any atom is 0.217 e. The highest BCUT2D eigenvalue weighted by Crippen LogP contribution is 2.28. The third-order valence-corrected chi connectivity index (χ3v) is 5.59. The summed E-state index contributed by atoms with van der Waals surface area (Å²) in [5, 5.41) is 4.55. The summed E-state index contributed by atoms with van der Waals surface area (Å²) < 4.78 is 1.89. The van der Waals surface area contributed by atoms with E-state index in [4.69, 9.17) is 0 Å². The molecule has 1 fully saturated rings. The second kappa shape index (κ2) is 10.6. The number of aryl methyl sites for hydroxylation is 1. The van der Waals surface area contributed by atoms with Gasteiger partial charge >= 0.3 is 0 Å². The minimum absolute atomic E-state index is 0.0223. The molecule has 1 saturated heterocycles. The monoisotopic (exact) mass is 433 g/mol. The van der Waals surface area contributed by atoms with Crippen LogP contribution >= 0.6 is 0 Å². The fourth-order valence-corrected chi connectivity index (χ4v) is 3.86. The molecule has 0 saturated carbocycles. The van der Waals surface area contributed by atoms with Crippen LogP contribution in [-0.2, 0) is 13.0 Å². The number of carbonyl (C=O) groups excluding carboxylic acids is 1. The molecule has 8 heteroatoms. The minimum atomic E-state index is -0.0266. The number of unbranched alkanes of at least 4 members (excludes halogenated alkanes) is 1. The van der Waals surface area contributed by atoms with Gasteiger partial charge in [-0.3, -0.25) is 4.79 Å². The van der Waals surface area contributed by atoms with Crippen molar-refractivity contribution in [3.8, 4) is 11.1 Å². The van der Waals surface area contributed by atoms with E-state index in [1.165, 1.54) is 0 Å². The summed E-state index contributed by atoms with van der Waals surface area (Å²) in [6.45, 7) is 4.76. The maximum atomic E-state index is 12.3. The first kappa shape index (κ1) is 22.3. The van der Waals surface area contributed by atoms with Gasteiger partial charge in [-0.05, 0) is 35.1 Å². The molecule has 2 aromatic carbocycles. The molecule has 0 spiro atoms. The van der Waals surface area contributed by atoms with Crippen molar-refractivity contribution < 1.29 is 4.79 Å². The van der Waals surface area contributed by atoms with Gasteiger partial charge < -0.3 is 0 Å². The van der Waals surface area contributed by atoms with Gasteiger partial charge in [0.2, 0.25) is 11.6 Å². The van der Waals surface area contributed by atoms with Crippen LogP contribution in [0.15, 0.2) is 48.5 Å². The summed E-state index contributed by atoms with van der Waals surface area (Å²) in [6.07, 6.45) is 4.20. The molecule has 0 aliphatic carbocycles. The predicted octanol–water partition coefficient (Wildman–Crippen LogP) is 3.43. The number of ketones is 1. The lowest BCUT2D eigenvalue weighted by atomic mass is 9.97. The van der Waals surface area contributed by atoms with E-state index in [1.807, 2.05) is 23.7 Å². The zero-order valence-corrected chi connectivity index (χ0v) is 18.7. The number of hydrazine groups is 3. The van der Waals surface area contributed by atoms with Gasteiger partial charge in [0.15, 0.2) is 0 Å². The van der Waals surface area contributed by atoms with Crippen molar-refractivity contribution in [3.05, 3.63) is 71.3 Å². The Balaban J connectivity index is 1.55. The molecule has 0 amide bonds. The Bertz CT molecular complexity index is 1040. The zero-order chi connectivity index (χ0) is 22.3. The van der Waals surface area contributed by atoms with Crippen molar-refractivity contribution in [3.63, 3.8) is 0 Å². The molecule has 1 aromatic heterocycles. The van der Waals surface area contributed by atoms with Crippen LogP contribution in [0.5, 0.6) is 0 Å². The predicted molar refractivity (Wildman–Crippen MR) is 124 cm³/mol. The number of nitrogens with one attached hydrogen (secondary N) is 4. The Hall–Kier alpha value is -2.91. The van der Waals surface area contributed by atoms with E-state index in [2.05, 4.69) is 75.3 Å². The molecule has 4 N–H and O–H groups in total. The van der Waals surface area contributed by atoms with Gasteiger partial charge in [-0.1, -0.05) is 68.8 Å². The van der Waals surface area contributed by atoms with E-state index in [1.54, 1.807) is 0 Å². The number of benzene rings is 2. The molecule has 8 nitrogen and oxygen atoms in total. The highest BCUT2D eigenvalue weighted by Gasteiger charge is 2.19. The summed E-state index contributed by atoms with van der Waals surface area (Å²) >= 11 is 0. The van der Waals surface area contributed by atoms with E-state index < -0.39 is 0 Å². The molecule has 0 bridgehead atoms. The number of carbonyl (C=O) groups is 1. The normalized spacial score (nSPS) is 14.2. The second-order valence-electron chi connectivity index (χ2n) is 8.04. The van der Waals surface area contributed by atoms with Crippen LogP contribution in [0.3, 0.4) is 0 Å². The van der Waals surface area contributed by atoms with Crippen LogP contribution in [0.1, 0.15) is 73.3 Å². The fourth-order valence-electron chi connectivity index (χ4n) is 3.86. The first-order valence-corrected chi connectivity index (χ1v) is 11.4. The van der Waals surface area contributed by atoms with Crippen molar-refractivity contribution in [1.29, 1.82) is 0 Å². The molecule has 3 aromatic rings. The first-order valence-electron chi connectivity index (χ1n) is 11.4. The Morgan fingerprint density at radius 1 is 1.00 bits per heavy atom. The number of nitrogens with zero attached hydrogens (tertiary/aromatic N) is 3. The van der Waals surface area contributed by atoms with Crippen LogP contribution < -0.4 is 21.9 Å². The summed E-state index contributed by atoms with van der Waals surface area (Å²) in [5.74, 6) is 1.26. The van der Waals surface area contributed by atoms with E-state index in [0.29, 0.717) is 18.8 Å². The van der Waals surface area contributed by atoms with E-state index in [-0.39, 0.29) is 11.9 Å². The van der Waals surface area contributed by atoms with E-state index in [9.17, 15) is 4.79 Å². The smallest absolute Gasteiger partial charge is 0.217 e. The van der Waals surface area contributed by atoms with Gasteiger partial charge in [-0.2, -0.15) is 11.1 Å². The Morgan fingerprint density at radius 3 is 2.47 bits per heavy atom. The summed E-state index contributed by atoms with van der Waals surface area (Å²) in [5.41, 5.74) is 16.6. The first-order chi connectivity index (χ1) is 15.7. The Morgan fingerprint density at radius 2 is 1.75 bits per heavy atom. The van der Waals surface area contributed by atoms with Crippen molar-refractivity contribution in [2.45, 2.75) is 58.7 Å². The number of rotatable bonds is 10. The zero-order valence-electron chi connectivity index (χ0n) is 18.7. The Labute approximate surface area is 188 Å². The molecule has 0 atom stereocenters. The summed E-state index contributed by atoms with van der Waals surface area (Å²) in [4.78, 5) is 16.9. The van der Waals surface area contributed by atoms with Gasteiger partial charge in [0.05, 0.1) is 6.54 Å². The number of aromatic nitrogens is 3. The number of hydrogen-bond donors (Lipinski definition) is 4. The molecule has 4 rings (SSSR count). The molecular formula is C24H31N7O. The van der Waals surface area contributed by atoms with Gasteiger partial charge in [0.1, 0.15) is 12.0 Å². The van der Waals surface area contributed by atoms with Gasteiger partial charge in [0, 0.05) is 12.8 Å². The minimum Gasteiger partial charge on any atom is -0.291 e.